The highest BCUT2D eigenvalue weighted by Gasteiger charge is 2.33. The van der Waals surface area contributed by atoms with Crippen molar-refractivity contribution < 1.29 is 4.74 Å². The summed E-state index contributed by atoms with van der Waals surface area (Å²) in [6.45, 7) is 1.54. The van der Waals surface area contributed by atoms with Crippen molar-refractivity contribution >= 4 is 17.4 Å². The predicted molar refractivity (Wildman–Crippen MR) is 80.4 cm³/mol. The first-order valence-corrected chi connectivity index (χ1v) is 8.11. The first kappa shape index (κ1) is 14.1. The van der Waals surface area contributed by atoms with E-state index in [1.807, 2.05) is 0 Å². The maximum absolute atomic E-state index is 6.24. The second-order valence-electron chi connectivity index (χ2n) is 5.86. The first-order valence-electron chi connectivity index (χ1n) is 7.58. The first-order chi connectivity index (χ1) is 9.83. The highest BCUT2D eigenvalue weighted by atomic mass is 35.5. The Morgan fingerprint density at radius 2 is 1.95 bits per heavy atom. The number of rotatable bonds is 3. The number of halogens is 1. The Labute approximate surface area is 125 Å². The van der Waals surface area contributed by atoms with Crippen LogP contribution in [0.1, 0.15) is 43.4 Å². The molecule has 0 radical (unpaired) electrons. The molecule has 110 valence electrons. The van der Waals surface area contributed by atoms with Crippen molar-refractivity contribution in [2.24, 2.45) is 0 Å². The number of ether oxygens (including phenoxy) is 1. The molecule has 1 N–H and O–H groups in total. The maximum Gasteiger partial charge on any atom is 0.133 e. The van der Waals surface area contributed by atoms with Crippen LogP contribution in [0.5, 0.6) is 0 Å². The van der Waals surface area contributed by atoms with Crippen molar-refractivity contribution in [3.63, 3.8) is 0 Å². The monoisotopic (exact) mass is 295 g/mol. The van der Waals surface area contributed by atoms with Gasteiger partial charge in [0.15, 0.2) is 0 Å². The number of aromatic nitrogens is 2. The molecule has 5 heteroatoms. The van der Waals surface area contributed by atoms with E-state index in [4.69, 9.17) is 16.3 Å². The smallest absolute Gasteiger partial charge is 0.133 e. The van der Waals surface area contributed by atoms with Gasteiger partial charge in [-0.25, -0.2) is 9.97 Å². The van der Waals surface area contributed by atoms with Crippen LogP contribution in [0.25, 0.3) is 0 Å². The normalized spacial score (nSPS) is 21.9. The number of aryl methyl sites for hydroxylation is 1. The number of anilines is 1. The average molecular weight is 296 g/mol. The Morgan fingerprint density at radius 3 is 2.75 bits per heavy atom. The summed E-state index contributed by atoms with van der Waals surface area (Å²) in [6.07, 6.45) is 9.46. The quantitative estimate of drug-likeness (QED) is 0.688. The minimum atomic E-state index is -0.0752. The van der Waals surface area contributed by atoms with Gasteiger partial charge in [-0.15, -0.1) is 11.6 Å². The van der Waals surface area contributed by atoms with Gasteiger partial charge < -0.3 is 10.1 Å². The summed E-state index contributed by atoms with van der Waals surface area (Å²) >= 11 is 6.24. The molecule has 1 aliphatic heterocycles. The molecular weight excluding hydrogens is 274 g/mol. The van der Waals surface area contributed by atoms with Crippen LogP contribution in [0, 0.1) is 0 Å². The third-order valence-electron chi connectivity index (χ3n) is 4.46. The number of nitrogens with one attached hydrogen (secondary N) is 1. The second-order valence-corrected chi connectivity index (χ2v) is 6.13. The van der Waals surface area contributed by atoms with Gasteiger partial charge in [0.05, 0.1) is 5.54 Å². The lowest BCUT2D eigenvalue weighted by atomic mass is 9.91. The van der Waals surface area contributed by atoms with E-state index in [-0.39, 0.29) is 5.54 Å². The van der Waals surface area contributed by atoms with Crippen LogP contribution in [0.4, 0.5) is 5.82 Å². The zero-order chi connectivity index (χ0) is 13.8. The fourth-order valence-electron chi connectivity index (χ4n) is 3.11. The lowest BCUT2D eigenvalue weighted by Gasteiger charge is -2.37. The van der Waals surface area contributed by atoms with Gasteiger partial charge in [0.2, 0.25) is 0 Å². The second kappa shape index (κ2) is 6.27. The van der Waals surface area contributed by atoms with Gasteiger partial charge in [0, 0.05) is 30.4 Å². The molecule has 1 saturated heterocycles. The number of hydrogen-bond acceptors (Lipinski definition) is 4. The van der Waals surface area contributed by atoms with Gasteiger partial charge >= 0.3 is 0 Å². The minimum Gasteiger partial charge on any atom is -0.381 e. The van der Waals surface area contributed by atoms with E-state index in [2.05, 4.69) is 15.3 Å². The Hall–Kier alpha value is -0.870. The molecule has 20 heavy (non-hydrogen) atoms. The van der Waals surface area contributed by atoms with E-state index in [0.29, 0.717) is 5.88 Å². The van der Waals surface area contributed by atoms with Crippen LogP contribution >= 0.6 is 11.6 Å². The van der Waals surface area contributed by atoms with E-state index in [0.717, 1.165) is 44.7 Å². The molecule has 0 saturated carbocycles. The lowest BCUT2D eigenvalue weighted by molar-refractivity contribution is 0.0666. The third kappa shape index (κ3) is 2.91. The molecule has 3 rings (SSSR count). The van der Waals surface area contributed by atoms with Gasteiger partial charge in [-0.1, -0.05) is 6.42 Å². The van der Waals surface area contributed by atoms with E-state index in [9.17, 15) is 0 Å². The number of hydrogen-bond donors (Lipinski definition) is 1. The van der Waals surface area contributed by atoms with Gasteiger partial charge in [0.25, 0.3) is 0 Å². The van der Waals surface area contributed by atoms with E-state index in [1.54, 1.807) is 6.33 Å². The Bertz CT molecular complexity index is 460. The van der Waals surface area contributed by atoms with Crippen LogP contribution in [0.15, 0.2) is 6.33 Å². The average Bonchev–Trinajstić information content (AvgIpc) is 2.74. The number of alkyl halides is 1. The molecular formula is C15H22ClN3O. The number of nitrogens with zero attached hydrogens (tertiary/aromatic N) is 2. The summed E-state index contributed by atoms with van der Waals surface area (Å²) in [6, 6.07) is 0. The summed E-state index contributed by atoms with van der Waals surface area (Å²) in [5.74, 6) is 1.59. The summed E-state index contributed by atoms with van der Waals surface area (Å²) in [5.41, 5.74) is 2.45. The van der Waals surface area contributed by atoms with Crippen LogP contribution in [0.2, 0.25) is 0 Å². The molecule has 0 amide bonds. The molecule has 0 unspecified atom stereocenters. The fourth-order valence-corrected chi connectivity index (χ4v) is 3.45. The van der Waals surface area contributed by atoms with Crippen LogP contribution in [-0.2, 0) is 17.6 Å². The van der Waals surface area contributed by atoms with Gasteiger partial charge in [-0.2, -0.15) is 0 Å². The molecule has 0 atom stereocenters. The molecule has 1 aromatic rings. The zero-order valence-corrected chi connectivity index (χ0v) is 12.6. The van der Waals surface area contributed by atoms with Crippen molar-refractivity contribution in [2.75, 3.05) is 24.4 Å². The topological polar surface area (TPSA) is 47.0 Å². The number of fused-ring (bicyclic) bond motifs is 1. The molecule has 0 bridgehead atoms. The van der Waals surface area contributed by atoms with Crippen molar-refractivity contribution in [3.05, 3.63) is 17.6 Å². The van der Waals surface area contributed by atoms with E-state index in [1.165, 1.54) is 30.5 Å². The summed E-state index contributed by atoms with van der Waals surface area (Å²) in [4.78, 5) is 8.97. The lowest BCUT2D eigenvalue weighted by Crippen LogP contribution is -2.46. The van der Waals surface area contributed by atoms with E-state index >= 15 is 0 Å². The van der Waals surface area contributed by atoms with Crippen molar-refractivity contribution in [1.29, 1.82) is 0 Å². The predicted octanol–water partition coefficient (Wildman–Crippen LogP) is 2.95. The minimum absolute atomic E-state index is 0.0752. The van der Waals surface area contributed by atoms with Crippen LogP contribution in [0.3, 0.4) is 0 Å². The zero-order valence-electron chi connectivity index (χ0n) is 11.8. The van der Waals surface area contributed by atoms with Crippen molar-refractivity contribution in [3.8, 4) is 0 Å². The molecule has 1 fully saturated rings. The molecule has 1 aliphatic carbocycles. The van der Waals surface area contributed by atoms with Crippen LogP contribution < -0.4 is 5.32 Å². The van der Waals surface area contributed by atoms with Gasteiger partial charge in [0.1, 0.15) is 12.1 Å². The van der Waals surface area contributed by atoms with Crippen LogP contribution in [-0.4, -0.2) is 34.6 Å². The Balaban J connectivity index is 1.86. The van der Waals surface area contributed by atoms with Gasteiger partial charge in [-0.3, -0.25) is 0 Å². The fraction of sp³-hybridized carbons (Fsp3) is 0.733. The molecule has 1 aromatic heterocycles. The standard InChI is InChI=1S/C15H22ClN3O/c16-10-15(6-8-20-9-7-15)19-14-12-4-2-1-3-5-13(12)17-11-18-14/h11H,1-10H2,(H,17,18,19). The van der Waals surface area contributed by atoms with E-state index < -0.39 is 0 Å². The Kier molecular flexibility index (Phi) is 4.41. The highest BCUT2D eigenvalue weighted by molar-refractivity contribution is 6.18. The van der Waals surface area contributed by atoms with Crippen molar-refractivity contribution in [2.45, 2.75) is 50.5 Å². The highest BCUT2D eigenvalue weighted by Crippen LogP contribution is 2.30. The maximum atomic E-state index is 6.24. The molecule has 2 heterocycles. The molecule has 2 aliphatic rings. The third-order valence-corrected chi connectivity index (χ3v) is 4.98. The largest absolute Gasteiger partial charge is 0.381 e. The summed E-state index contributed by atoms with van der Waals surface area (Å²) < 4.78 is 5.47. The molecule has 4 nitrogen and oxygen atoms in total. The van der Waals surface area contributed by atoms with Crippen molar-refractivity contribution in [1.82, 2.24) is 9.97 Å². The Morgan fingerprint density at radius 1 is 1.15 bits per heavy atom. The summed E-state index contributed by atoms with van der Waals surface area (Å²) in [5, 5.41) is 3.64. The molecule has 0 spiro atoms. The van der Waals surface area contributed by atoms with Gasteiger partial charge in [-0.05, 0) is 38.5 Å². The SMILES string of the molecule is ClCC1(Nc2ncnc3c2CCCCC3)CCOCC1. The summed E-state index contributed by atoms with van der Waals surface area (Å²) in [7, 11) is 0. The molecule has 0 aromatic carbocycles.